The van der Waals surface area contributed by atoms with Crippen LogP contribution in [0.2, 0.25) is 0 Å². The van der Waals surface area contributed by atoms with E-state index in [4.69, 9.17) is 0 Å². The zero-order chi connectivity index (χ0) is 16.3. The number of sulfonamides is 1. The van der Waals surface area contributed by atoms with Crippen LogP contribution >= 0.6 is 0 Å². The van der Waals surface area contributed by atoms with E-state index in [-0.39, 0.29) is 11.8 Å². The lowest BCUT2D eigenvalue weighted by atomic mass is 9.96. The fraction of sp³-hybridized carbons (Fsp3) is 0.562. The van der Waals surface area contributed by atoms with Gasteiger partial charge in [0.25, 0.3) is 0 Å². The van der Waals surface area contributed by atoms with Crippen molar-refractivity contribution in [3.8, 4) is 0 Å². The molecule has 0 aliphatic carbocycles. The molecule has 0 N–H and O–H groups in total. The molecule has 1 amide bonds. The Hall–Kier alpha value is -1.36. The molecule has 0 bridgehead atoms. The van der Waals surface area contributed by atoms with E-state index in [0.717, 1.165) is 9.87 Å². The topological polar surface area (TPSA) is 54.5 Å². The molecular formula is C16H25NO3S. The van der Waals surface area contributed by atoms with Crippen molar-refractivity contribution in [2.24, 2.45) is 5.92 Å². The smallest absolute Gasteiger partial charge is 0.242 e. The van der Waals surface area contributed by atoms with Crippen molar-refractivity contribution in [1.29, 1.82) is 0 Å². The summed E-state index contributed by atoms with van der Waals surface area (Å²) in [4.78, 5) is 12.5. The highest BCUT2D eigenvalue weighted by atomic mass is 32.2. The van der Waals surface area contributed by atoms with Crippen molar-refractivity contribution in [3.05, 3.63) is 35.9 Å². The van der Waals surface area contributed by atoms with Gasteiger partial charge in [-0.15, -0.1) is 0 Å². The maximum Gasteiger partial charge on any atom is 0.242 e. The van der Waals surface area contributed by atoms with Gasteiger partial charge in [-0.1, -0.05) is 37.3 Å². The van der Waals surface area contributed by atoms with Crippen molar-refractivity contribution >= 4 is 15.9 Å². The third-order valence-electron chi connectivity index (χ3n) is 3.61. The lowest BCUT2D eigenvalue weighted by Crippen LogP contribution is -2.46. The van der Waals surface area contributed by atoms with Crippen molar-refractivity contribution in [3.63, 3.8) is 0 Å². The van der Waals surface area contributed by atoms with E-state index in [1.54, 1.807) is 20.8 Å². The summed E-state index contributed by atoms with van der Waals surface area (Å²) in [6.45, 7) is 6.71. The molecular weight excluding hydrogens is 286 g/mol. The number of carbonyl (C=O) groups excluding carboxylic acids is 1. The first-order chi connectivity index (χ1) is 9.61. The maximum absolute atomic E-state index is 12.5. The summed E-state index contributed by atoms with van der Waals surface area (Å²) in [5.74, 6) is -0.661. The van der Waals surface area contributed by atoms with Gasteiger partial charge < -0.3 is 0 Å². The molecule has 0 saturated carbocycles. The van der Waals surface area contributed by atoms with Crippen molar-refractivity contribution in [1.82, 2.24) is 4.31 Å². The number of nitrogens with zero attached hydrogens (tertiary/aromatic N) is 1. The molecule has 21 heavy (non-hydrogen) atoms. The summed E-state index contributed by atoms with van der Waals surface area (Å²) in [5, 5.41) is 0. The van der Waals surface area contributed by atoms with E-state index < -0.39 is 14.8 Å². The standard InChI is InChI=1S/C16H25NO3S/c1-6-14(12-13-10-8-7-9-11-13)15(18)17(5)21(19,20)16(2,3)4/h7-11,14H,6,12H2,1-5H3/t14-/m1/s1. The molecule has 0 spiro atoms. The Bertz CT molecular complexity index is 573. The molecule has 1 rings (SSSR count). The van der Waals surface area contributed by atoms with Gasteiger partial charge in [-0.25, -0.2) is 12.7 Å². The quantitative estimate of drug-likeness (QED) is 0.840. The Labute approximate surface area is 128 Å². The SMILES string of the molecule is CC[C@H](Cc1ccccc1)C(=O)N(C)S(=O)(=O)C(C)(C)C. The molecule has 1 atom stereocenters. The molecule has 1 aromatic rings. The highest BCUT2D eigenvalue weighted by molar-refractivity contribution is 7.90. The average molecular weight is 311 g/mol. The maximum atomic E-state index is 12.5. The van der Waals surface area contributed by atoms with Gasteiger partial charge in [0.2, 0.25) is 15.9 Å². The van der Waals surface area contributed by atoms with Crippen LogP contribution < -0.4 is 0 Å². The minimum atomic E-state index is -3.64. The van der Waals surface area contributed by atoms with Gasteiger partial charge in [0, 0.05) is 13.0 Å². The molecule has 0 saturated heterocycles. The Balaban J connectivity index is 2.94. The number of rotatable bonds is 5. The van der Waals surface area contributed by atoms with Crippen molar-refractivity contribution in [2.45, 2.75) is 45.3 Å². The van der Waals surface area contributed by atoms with Crippen LogP contribution in [0.3, 0.4) is 0 Å². The zero-order valence-electron chi connectivity index (χ0n) is 13.5. The van der Waals surface area contributed by atoms with E-state index in [1.165, 1.54) is 7.05 Å². The molecule has 118 valence electrons. The largest absolute Gasteiger partial charge is 0.273 e. The van der Waals surface area contributed by atoms with E-state index >= 15 is 0 Å². The third kappa shape index (κ3) is 4.06. The second-order valence-electron chi connectivity index (χ2n) is 6.22. The highest BCUT2D eigenvalue weighted by Crippen LogP contribution is 2.23. The third-order valence-corrected chi connectivity index (χ3v) is 6.06. The summed E-state index contributed by atoms with van der Waals surface area (Å²) in [6.07, 6.45) is 1.16. The predicted molar refractivity (Wildman–Crippen MR) is 85.4 cm³/mol. The second-order valence-corrected chi connectivity index (χ2v) is 8.94. The summed E-state index contributed by atoms with van der Waals surface area (Å²) >= 11 is 0. The van der Waals surface area contributed by atoms with Crippen LogP contribution in [-0.2, 0) is 21.2 Å². The predicted octanol–water partition coefficient (Wildman–Crippen LogP) is 2.84. The molecule has 0 aromatic heterocycles. The number of carbonyl (C=O) groups is 1. The van der Waals surface area contributed by atoms with Crippen molar-refractivity contribution in [2.75, 3.05) is 7.05 Å². The molecule has 0 heterocycles. The van der Waals surface area contributed by atoms with Gasteiger partial charge in [0.05, 0.1) is 4.75 Å². The fourth-order valence-corrected chi connectivity index (χ4v) is 3.30. The minimum absolute atomic E-state index is 0.325. The summed E-state index contributed by atoms with van der Waals surface area (Å²) in [6, 6.07) is 9.66. The van der Waals surface area contributed by atoms with Crippen molar-refractivity contribution < 1.29 is 13.2 Å². The van der Waals surface area contributed by atoms with E-state index in [9.17, 15) is 13.2 Å². The first-order valence-corrected chi connectivity index (χ1v) is 8.61. The first-order valence-electron chi connectivity index (χ1n) is 7.17. The first kappa shape index (κ1) is 17.7. The van der Waals surface area contributed by atoms with E-state index in [2.05, 4.69) is 0 Å². The van der Waals surface area contributed by atoms with Crippen LogP contribution in [-0.4, -0.2) is 30.4 Å². The molecule has 1 aromatic carbocycles. The van der Waals surface area contributed by atoms with Gasteiger partial charge in [-0.3, -0.25) is 4.79 Å². The lowest BCUT2D eigenvalue weighted by molar-refractivity contribution is -0.129. The number of amides is 1. The Morgan fingerprint density at radius 3 is 2.14 bits per heavy atom. The van der Waals surface area contributed by atoms with E-state index in [0.29, 0.717) is 12.8 Å². The van der Waals surface area contributed by atoms with Gasteiger partial charge in [0.15, 0.2) is 0 Å². The Kier molecular flexibility index (Phi) is 5.56. The van der Waals surface area contributed by atoms with Crippen LogP contribution in [0.1, 0.15) is 39.7 Å². The Morgan fingerprint density at radius 2 is 1.71 bits per heavy atom. The lowest BCUT2D eigenvalue weighted by Gasteiger charge is -2.29. The monoisotopic (exact) mass is 311 g/mol. The van der Waals surface area contributed by atoms with Gasteiger partial charge >= 0.3 is 0 Å². The molecule has 0 radical (unpaired) electrons. The van der Waals surface area contributed by atoms with Gasteiger partial charge in [-0.2, -0.15) is 0 Å². The van der Waals surface area contributed by atoms with Crippen LogP contribution in [0.15, 0.2) is 30.3 Å². The number of hydrogen-bond acceptors (Lipinski definition) is 3. The molecule has 4 nitrogen and oxygen atoms in total. The van der Waals surface area contributed by atoms with Crippen LogP contribution in [0, 0.1) is 5.92 Å². The van der Waals surface area contributed by atoms with Crippen LogP contribution in [0.25, 0.3) is 0 Å². The number of benzene rings is 1. The summed E-state index contributed by atoms with van der Waals surface area (Å²) in [5.41, 5.74) is 1.04. The zero-order valence-corrected chi connectivity index (χ0v) is 14.3. The summed E-state index contributed by atoms with van der Waals surface area (Å²) < 4.78 is 24.7. The average Bonchev–Trinajstić information content (AvgIpc) is 2.43. The van der Waals surface area contributed by atoms with Gasteiger partial charge in [-0.05, 0) is 39.2 Å². The summed E-state index contributed by atoms with van der Waals surface area (Å²) in [7, 11) is -2.28. The minimum Gasteiger partial charge on any atom is -0.273 e. The second kappa shape index (κ2) is 6.60. The van der Waals surface area contributed by atoms with E-state index in [1.807, 2.05) is 37.3 Å². The molecule has 0 fully saturated rings. The highest BCUT2D eigenvalue weighted by Gasteiger charge is 2.37. The molecule has 0 unspecified atom stereocenters. The molecule has 5 heteroatoms. The fourth-order valence-electron chi connectivity index (χ4n) is 2.09. The Morgan fingerprint density at radius 1 is 1.19 bits per heavy atom. The van der Waals surface area contributed by atoms with Crippen LogP contribution in [0.4, 0.5) is 0 Å². The van der Waals surface area contributed by atoms with Gasteiger partial charge in [0.1, 0.15) is 0 Å². The molecule has 0 aliphatic heterocycles. The van der Waals surface area contributed by atoms with Crippen LogP contribution in [0.5, 0.6) is 0 Å². The number of hydrogen-bond donors (Lipinski definition) is 0. The molecule has 0 aliphatic rings. The normalized spacial score (nSPS) is 13.8.